The summed E-state index contributed by atoms with van der Waals surface area (Å²) in [5, 5.41) is 1.55. The minimum absolute atomic E-state index is 0.0750. The lowest BCUT2D eigenvalue weighted by Gasteiger charge is -2.21. The molecule has 0 saturated carbocycles. The lowest BCUT2D eigenvalue weighted by molar-refractivity contribution is -0.153. The van der Waals surface area contributed by atoms with E-state index in [1.54, 1.807) is 50.4 Å². The van der Waals surface area contributed by atoms with Gasteiger partial charge >= 0.3 is 5.97 Å². The van der Waals surface area contributed by atoms with E-state index >= 15 is 0 Å². The first kappa shape index (κ1) is 15.5. The van der Waals surface area contributed by atoms with Gasteiger partial charge in [0.2, 0.25) is 0 Å². The van der Waals surface area contributed by atoms with Gasteiger partial charge in [-0.2, -0.15) is 0 Å². The summed E-state index contributed by atoms with van der Waals surface area (Å²) >= 11 is 4.81. The van der Waals surface area contributed by atoms with Gasteiger partial charge in [0.05, 0.1) is 12.0 Å². The summed E-state index contributed by atoms with van der Waals surface area (Å²) in [5.41, 5.74) is 0.657. The number of carbonyl (C=O) groups excluding carboxylic acids is 2. The van der Waals surface area contributed by atoms with Crippen molar-refractivity contribution in [1.29, 1.82) is 0 Å². The van der Waals surface area contributed by atoms with E-state index in [0.717, 1.165) is 5.56 Å². The highest BCUT2D eigenvalue weighted by molar-refractivity contribution is 7.79. The predicted molar refractivity (Wildman–Crippen MR) is 78.6 cm³/mol. The molecular weight excluding hydrogens is 260 g/mol. The Kier molecular flexibility index (Phi) is 5.36. The van der Waals surface area contributed by atoms with Gasteiger partial charge in [-0.25, -0.2) is 0 Å². The molecule has 0 radical (unpaired) electrons. The maximum absolute atomic E-state index is 12.1. The van der Waals surface area contributed by atoms with Gasteiger partial charge in [-0.3, -0.25) is 9.59 Å². The summed E-state index contributed by atoms with van der Waals surface area (Å²) < 4.78 is 4.97. The third-order valence-corrected chi connectivity index (χ3v) is 3.07. The molecule has 0 N–H and O–H groups in total. The SMILES string of the molecule is CCOC(=O)C(C)(C)CC(=O)c1ccc(C=S)cc1. The quantitative estimate of drug-likeness (QED) is 0.455. The van der Waals surface area contributed by atoms with E-state index in [-0.39, 0.29) is 18.2 Å². The molecule has 102 valence electrons. The first-order valence-electron chi connectivity index (χ1n) is 6.16. The molecule has 0 amide bonds. The Balaban J connectivity index is 2.77. The monoisotopic (exact) mass is 278 g/mol. The van der Waals surface area contributed by atoms with Crippen molar-refractivity contribution in [2.45, 2.75) is 27.2 Å². The first-order valence-corrected chi connectivity index (χ1v) is 6.63. The van der Waals surface area contributed by atoms with Crippen LogP contribution in [-0.4, -0.2) is 23.7 Å². The summed E-state index contributed by atoms with van der Waals surface area (Å²) in [5.74, 6) is -0.423. The van der Waals surface area contributed by atoms with Gasteiger partial charge in [0.1, 0.15) is 0 Å². The fraction of sp³-hybridized carbons (Fsp3) is 0.400. The lowest BCUT2D eigenvalue weighted by atomic mass is 9.85. The Morgan fingerprint density at radius 3 is 2.32 bits per heavy atom. The Bertz CT molecular complexity index is 475. The Labute approximate surface area is 119 Å². The van der Waals surface area contributed by atoms with Crippen molar-refractivity contribution in [2.75, 3.05) is 6.61 Å². The summed E-state index contributed by atoms with van der Waals surface area (Å²) in [6, 6.07) is 7.03. The summed E-state index contributed by atoms with van der Waals surface area (Å²) in [6.07, 6.45) is 0.128. The molecule has 1 rings (SSSR count). The highest BCUT2D eigenvalue weighted by Gasteiger charge is 2.32. The smallest absolute Gasteiger partial charge is 0.311 e. The maximum Gasteiger partial charge on any atom is 0.311 e. The molecule has 0 unspecified atom stereocenters. The number of carbonyl (C=O) groups is 2. The Hall–Kier alpha value is -1.55. The molecule has 0 aliphatic carbocycles. The molecule has 19 heavy (non-hydrogen) atoms. The minimum atomic E-state index is -0.810. The van der Waals surface area contributed by atoms with Crippen LogP contribution in [0.3, 0.4) is 0 Å². The Morgan fingerprint density at radius 2 is 1.84 bits per heavy atom. The largest absolute Gasteiger partial charge is 0.466 e. The Morgan fingerprint density at radius 1 is 1.26 bits per heavy atom. The zero-order valence-corrected chi connectivity index (χ0v) is 12.3. The van der Waals surface area contributed by atoms with Crippen LogP contribution in [0.2, 0.25) is 0 Å². The average Bonchev–Trinajstić information content (AvgIpc) is 2.38. The molecule has 0 atom stereocenters. The van der Waals surface area contributed by atoms with Gasteiger partial charge in [0, 0.05) is 17.4 Å². The second kappa shape index (κ2) is 6.57. The number of hydrogen-bond donors (Lipinski definition) is 0. The van der Waals surface area contributed by atoms with Crippen LogP contribution in [0, 0.1) is 5.41 Å². The van der Waals surface area contributed by atoms with Gasteiger partial charge in [-0.1, -0.05) is 36.5 Å². The fourth-order valence-electron chi connectivity index (χ4n) is 1.65. The lowest BCUT2D eigenvalue weighted by Crippen LogP contribution is -2.29. The van der Waals surface area contributed by atoms with E-state index < -0.39 is 5.41 Å². The molecule has 4 heteroatoms. The fourth-order valence-corrected chi connectivity index (χ4v) is 1.81. The molecule has 0 spiro atoms. The molecule has 1 aromatic carbocycles. The molecule has 0 heterocycles. The molecule has 0 aromatic heterocycles. The van der Waals surface area contributed by atoms with Crippen molar-refractivity contribution in [2.24, 2.45) is 5.41 Å². The van der Waals surface area contributed by atoms with E-state index in [0.29, 0.717) is 12.2 Å². The topological polar surface area (TPSA) is 43.4 Å². The van der Waals surface area contributed by atoms with Gasteiger partial charge in [0.25, 0.3) is 0 Å². The average molecular weight is 278 g/mol. The van der Waals surface area contributed by atoms with E-state index in [1.165, 1.54) is 0 Å². The van der Waals surface area contributed by atoms with Gasteiger partial charge < -0.3 is 4.74 Å². The third-order valence-electron chi connectivity index (χ3n) is 2.80. The summed E-state index contributed by atoms with van der Waals surface area (Å²) in [4.78, 5) is 23.9. The standard InChI is InChI=1S/C15H18O3S/c1-4-18-14(17)15(2,3)9-13(16)12-7-5-11(10-19)6-8-12/h5-8,10H,4,9H2,1-3H3. The van der Waals surface area contributed by atoms with Crippen LogP contribution in [0.5, 0.6) is 0 Å². The highest BCUT2D eigenvalue weighted by Crippen LogP contribution is 2.24. The van der Waals surface area contributed by atoms with Crippen LogP contribution in [0.15, 0.2) is 24.3 Å². The second-order valence-electron chi connectivity index (χ2n) is 4.94. The van der Waals surface area contributed by atoms with Gasteiger partial charge in [-0.05, 0) is 26.3 Å². The van der Waals surface area contributed by atoms with Crippen LogP contribution in [0.1, 0.15) is 43.1 Å². The number of ketones is 1. The minimum Gasteiger partial charge on any atom is -0.466 e. The summed E-state index contributed by atoms with van der Waals surface area (Å²) in [7, 11) is 0. The number of thiocarbonyl (C=S) groups is 1. The molecule has 0 saturated heterocycles. The highest BCUT2D eigenvalue weighted by atomic mass is 32.1. The number of benzene rings is 1. The number of hydrogen-bond acceptors (Lipinski definition) is 4. The molecular formula is C15H18O3S. The van der Waals surface area contributed by atoms with E-state index in [1.807, 2.05) is 0 Å². The molecule has 0 aliphatic rings. The first-order chi connectivity index (χ1) is 8.90. The van der Waals surface area contributed by atoms with Crippen LogP contribution in [-0.2, 0) is 9.53 Å². The molecule has 0 bridgehead atoms. The van der Waals surface area contributed by atoms with Crippen LogP contribution >= 0.6 is 12.2 Å². The van der Waals surface area contributed by atoms with Crippen molar-refractivity contribution in [3.8, 4) is 0 Å². The van der Waals surface area contributed by atoms with Crippen LogP contribution < -0.4 is 0 Å². The normalized spacial score (nSPS) is 10.9. The van der Waals surface area contributed by atoms with Gasteiger partial charge in [0.15, 0.2) is 5.78 Å². The molecule has 0 aliphatic heterocycles. The molecule has 3 nitrogen and oxygen atoms in total. The van der Waals surface area contributed by atoms with Crippen molar-refractivity contribution in [3.05, 3.63) is 35.4 Å². The molecule has 0 fully saturated rings. The number of rotatable bonds is 6. The zero-order chi connectivity index (χ0) is 14.5. The number of Topliss-reactive ketones (excluding diaryl/α,β-unsaturated/α-hetero) is 1. The van der Waals surface area contributed by atoms with E-state index in [2.05, 4.69) is 0 Å². The number of esters is 1. The van der Waals surface area contributed by atoms with Crippen molar-refractivity contribution in [1.82, 2.24) is 0 Å². The van der Waals surface area contributed by atoms with Crippen LogP contribution in [0.25, 0.3) is 0 Å². The molecule has 1 aromatic rings. The van der Waals surface area contributed by atoms with E-state index in [9.17, 15) is 9.59 Å². The number of ether oxygens (including phenoxy) is 1. The van der Waals surface area contributed by atoms with Crippen molar-refractivity contribution in [3.63, 3.8) is 0 Å². The zero-order valence-electron chi connectivity index (χ0n) is 11.4. The predicted octanol–water partition coefficient (Wildman–Crippen LogP) is 3.20. The van der Waals surface area contributed by atoms with Crippen molar-refractivity contribution < 1.29 is 14.3 Å². The van der Waals surface area contributed by atoms with Gasteiger partial charge in [-0.15, -0.1) is 0 Å². The second-order valence-corrected chi connectivity index (χ2v) is 5.18. The third kappa shape index (κ3) is 4.24. The summed E-state index contributed by atoms with van der Waals surface area (Å²) in [6.45, 7) is 5.50. The maximum atomic E-state index is 12.1. The van der Waals surface area contributed by atoms with Crippen molar-refractivity contribution >= 4 is 29.3 Å². The van der Waals surface area contributed by atoms with Crippen LogP contribution in [0.4, 0.5) is 0 Å². The van der Waals surface area contributed by atoms with E-state index in [4.69, 9.17) is 17.0 Å².